The molecule has 0 fully saturated rings. The number of rotatable bonds is 4. The highest BCUT2D eigenvalue weighted by Gasteiger charge is 2.20. The lowest BCUT2D eigenvalue weighted by Crippen LogP contribution is -2.38. The predicted molar refractivity (Wildman–Crippen MR) is 94.1 cm³/mol. The molecule has 140 valence electrons. The highest BCUT2D eigenvalue weighted by Crippen LogP contribution is 2.31. The molecule has 2 aromatic carbocycles. The van der Waals surface area contributed by atoms with Crippen LogP contribution in [0.4, 0.5) is 8.78 Å². The maximum absolute atomic E-state index is 13.9. The lowest BCUT2D eigenvalue weighted by Gasteiger charge is -2.14. The Kier molecular flexibility index (Phi) is 7.25. The lowest BCUT2D eigenvalue weighted by atomic mass is 9.98. The minimum Gasteiger partial charge on any atom is -0.507 e. The van der Waals surface area contributed by atoms with Gasteiger partial charge in [-0.25, -0.2) is 8.78 Å². The van der Waals surface area contributed by atoms with Crippen molar-refractivity contribution in [2.45, 2.75) is 33.7 Å². The van der Waals surface area contributed by atoms with Gasteiger partial charge in [-0.05, 0) is 49.2 Å². The van der Waals surface area contributed by atoms with Crippen molar-refractivity contribution in [2.24, 2.45) is 0 Å². The van der Waals surface area contributed by atoms with Crippen molar-refractivity contribution in [2.75, 3.05) is 0 Å². The molecule has 1 amide bonds. The van der Waals surface area contributed by atoms with Gasteiger partial charge < -0.3 is 15.5 Å². The Balaban J connectivity index is 0.00000163. The van der Waals surface area contributed by atoms with Gasteiger partial charge >= 0.3 is 5.97 Å². The molecule has 5 nitrogen and oxygen atoms in total. The first kappa shape index (κ1) is 21.1. The molecule has 26 heavy (non-hydrogen) atoms. The van der Waals surface area contributed by atoms with Gasteiger partial charge in [-0.1, -0.05) is 13.8 Å². The maximum Gasteiger partial charge on any atom is 0.325 e. The summed E-state index contributed by atoms with van der Waals surface area (Å²) in [5.74, 6) is -3.93. The van der Waals surface area contributed by atoms with Crippen LogP contribution in [0.2, 0.25) is 0 Å². The molecular formula is C19H21F2NO4. The number of aromatic hydroxyl groups is 1. The number of hydrogen-bond acceptors (Lipinski definition) is 3. The number of benzene rings is 2. The first-order valence-corrected chi connectivity index (χ1v) is 8.03. The summed E-state index contributed by atoms with van der Waals surface area (Å²) in [6.45, 7) is 6.78. The number of carbonyl (C=O) groups excluding carboxylic acids is 1. The Hall–Kier alpha value is -2.96. The number of halogens is 2. The van der Waals surface area contributed by atoms with E-state index in [0.29, 0.717) is 11.6 Å². The normalized spacial score (nSPS) is 11.2. The van der Waals surface area contributed by atoms with Gasteiger partial charge in [0, 0.05) is 11.6 Å². The number of carboxylic acid groups (broad SMARTS) is 1. The van der Waals surface area contributed by atoms with Gasteiger partial charge in [-0.3, -0.25) is 9.59 Å². The Bertz CT molecular complexity index is 821. The fraction of sp³-hybridized carbons (Fsp3) is 0.263. The van der Waals surface area contributed by atoms with Crippen molar-refractivity contribution in [3.8, 4) is 16.9 Å². The second kappa shape index (κ2) is 8.94. The number of carboxylic acids is 1. The molecule has 0 aliphatic rings. The summed E-state index contributed by atoms with van der Waals surface area (Å²) in [6.07, 6.45) is 0. The molecule has 0 spiro atoms. The molecule has 0 aromatic heterocycles. The fourth-order valence-electron chi connectivity index (χ4n) is 2.17. The van der Waals surface area contributed by atoms with E-state index in [9.17, 15) is 23.5 Å². The van der Waals surface area contributed by atoms with Crippen LogP contribution in [-0.2, 0) is 4.79 Å². The van der Waals surface area contributed by atoms with Crippen LogP contribution >= 0.6 is 0 Å². The second-order valence-electron chi connectivity index (χ2n) is 5.35. The van der Waals surface area contributed by atoms with Gasteiger partial charge in [0.25, 0.3) is 5.91 Å². The summed E-state index contributed by atoms with van der Waals surface area (Å²) < 4.78 is 27.0. The number of nitrogens with one attached hydrogen (secondary N) is 1. The molecule has 0 heterocycles. The zero-order valence-corrected chi connectivity index (χ0v) is 14.9. The number of hydrogen-bond donors (Lipinski definition) is 3. The monoisotopic (exact) mass is 365 g/mol. The Morgan fingerprint density at radius 1 is 1.12 bits per heavy atom. The van der Waals surface area contributed by atoms with Crippen molar-refractivity contribution in [3.63, 3.8) is 0 Å². The minimum absolute atomic E-state index is 0.0554. The average molecular weight is 365 g/mol. The van der Waals surface area contributed by atoms with Crippen LogP contribution < -0.4 is 5.32 Å². The highest BCUT2D eigenvalue weighted by molar-refractivity contribution is 6.00. The molecule has 0 aliphatic carbocycles. The van der Waals surface area contributed by atoms with Gasteiger partial charge in [0.15, 0.2) is 0 Å². The van der Waals surface area contributed by atoms with Crippen molar-refractivity contribution in [1.82, 2.24) is 5.32 Å². The van der Waals surface area contributed by atoms with E-state index in [0.717, 1.165) is 6.07 Å². The van der Waals surface area contributed by atoms with Crippen LogP contribution in [0.5, 0.6) is 5.75 Å². The second-order valence-corrected chi connectivity index (χ2v) is 5.35. The van der Waals surface area contributed by atoms with Crippen molar-refractivity contribution >= 4 is 11.9 Å². The molecule has 1 atom stereocenters. The van der Waals surface area contributed by atoms with Gasteiger partial charge in [0.05, 0.1) is 5.56 Å². The third-order valence-electron chi connectivity index (χ3n) is 3.51. The van der Waals surface area contributed by atoms with Gasteiger partial charge in [-0.15, -0.1) is 0 Å². The van der Waals surface area contributed by atoms with E-state index in [4.69, 9.17) is 5.11 Å². The summed E-state index contributed by atoms with van der Waals surface area (Å²) in [5, 5.41) is 21.1. The molecule has 3 N–H and O–H groups in total. The minimum atomic E-state index is -1.24. The van der Waals surface area contributed by atoms with Crippen LogP contribution in [0, 0.1) is 18.6 Å². The summed E-state index contributed by atoms with van der Waals surface area (Å²) in [4.78, 5) is 23.0. The van der Waals surface area contributed by atoms with Crippen LogP contribution in [0.3, 0.4) is 0 Å². The summed E-state index contributed by atoms with van der Waals surface area (Å²) in [6, 6.07) is 4.52. The van der Waals surface area contributed by atoms with Crippen molar-refractivity contribution in [3.05, 3.63) is 53.1 Å². The quantitative estimate of drug-likeness (QED) is 0.768. The summed E-state index contributed by atoms with van der Waals surface area (Å²) in [5.41, 5.74) is 0.418. The largest absolute Gasteiger partial charge is 0.507 e. The first-order valence-electron chi connectivity index (χ1n) is 8.03. The number of aryl methyl sites for hydroxylation is 1. The van der Waals surface area contributed by atoms with E-state index in [-0.39, 0.29) is 22.4 Å². The van der Waals surface area contributed by atoms with Gasteiger partial charge in [-0.2, -0.15) is 0 Å². The lowest BCUT2D eigenvalue weighted by molar-refractivity contribution is -0.138. The summed E-state index contributed by atoms with van der Waals surface area (Å²) >= 11 is 0. The fourth-order valence-corrected chi connectivity index (χ4v) is 2.17. The first-order chi connectivity index (χ1) is 12.2. The zero-order chi connectivity index (χ0) is 20.0. The molecule has 1 unspecified atom stereocenters. The van der Waals surface area contributed by atoms with E-state index in [1.807, 2.05) is 13.8 Å². The number of amides is 1. The molecule has 0 saturated carbocycles. The number of carbonyl (C=O) groups is 2. The molecule has 2 aromatic rings. The van der Waals surface area contributed by atoms with E-state index in [2.05, 4.69) is 5.32 Å². The third kappa shape index (κ3) is 4.78. The van der Waals surface area contributed by atoms with E-state index in [1.165, 1.54) is 32.0 Å². The van der Waals surface area contributed by atoms with Crippen LogP contribution in [0.25, 0.3) is 11.1 Å². The van der Waals surface area contributed by atoms with E-state index >= 15 is 0 Å². The molecular weight excluding hydrogens is 344 g/mol. The topological polar surface area (TPSA) is 86.6 Å². The standard InChI is InChI=1S/C17H15F2NO4.C2H6/c1-8-5-10(12-4-3-11(18)7-14(12)19)6-13(15(8)21)16(22)20-9(2)17(23)24;1-2/h3-7,9,21H,1-2H3,(H,20,22)(H,23,24);1-2H3. The van der Waals surface area contributed by atoms with Crippen molar-refractivity contribution in [1.29, 1.82) is 0 Å². The summed E-state index contributed by atoms with van der Waals surface area (Å²) in [7, 11) is 0. The Morgan fingerprint density at radius 3 is 2.27 bits per heavy atom. The Labute approximate surface area is 150 Å². The zero-order valence-electron chi connectivity index (χ0n) is 14.9. The molecule has 0 bridgehead atoms. The van der Waals surface area contributed by atoms with E-state index < -0.39 is 29.6 Å². The molecule has 7 heteroatoms. The number of aliphatic carboxylic acids is 1. The smallest absolute Gasteiger partial charge is 0.325 e. The number of phenols is 1. The Morgan fingerprint density at radius 2 is 1.73 bits per heavy atom. The molecule has 0 aliphatic heterocycles. The van der Waals surface area contributed by atoms with Crippen LogP contribution in [0.1, 0.15) is 36.7 Å². The van der Waals surface area contributed by atoms with Crippen LogP contribution in [-0.4, -0.2) is 28.1 Å². The highest BCUT2D eigenvalue weighted by atomic mass is 19.1. The third-order valence-corrected chi connectivity index (χ3v) is 3.51. The van der Waals surface area contributed by atoms with Gasteiger partial charge in [0.1, 0.15) is 23.4 Å². The SMILES string of the molecule is CC.Cc1cc(-c2ccc(F)cc2F)cc(C(=O)NC(C)C(=O)O)c1O. The van der Waals surface area contributed by atoms with Gasteiger partial charge in [0.2, 0.25) is 0 Å². The predicted octanol–water partition coefficient (Wildman–Crippen LogP) is 3.87. The van der Waals surface area contributed by atoms with E-state index in [1.54, 1.807) is 0 Å². The average Bonchev–Trinajstić information content (AvgIpc) is 2.58. The van der Waals surface area contributed by atoms with Crippen LogP contribution in [0.15, 0.2) is 30.3 Å². The maximum atomic E-state index is 13.9. The number of phenolic OH excluding ortho intramolecular Hbond substituents is 1. The molecule has 2 rings (SSSR count). The molecule has 0 radical (unpaired) electrons. The molecule has 0 saturated heterocycles. The van der Waals surface area contributed by atoms with Crippen molar-refractivity contribution < 1.29 is 28.6 Å².